The van der Waals surface area contributed by atoms with Crippen molar-refractivity contribution in [2.75, 3.05) is 0 Å². The molecule has 2 aliphatic carbocycles. The minimum Gasteiger partial charge on any atom is -1.00 e. The largest absolute Gasteiger partial charge is 2.00 e. The molecule has 0 heterocycles. The minimum absolute atomic E-state index is 0. The van der Waals surface area contributed by atoms with Crippen LogP contribution in [-0.4, -0.2) is 0 Å². The average Bonchev–Trinajstić information content (AvgIpc) is 2.77. The molecule has 0 fully saturated rings. The Morgan fingerprint density at radius 3 is 1.71 bits per heavy atom. The van der Waals surface area contributed by atoms with E-state index in [-0.39, 0.29) is 34.1 Å². The first-order chi connectivity index (χ1) is 5.88. The second-order valence-electron chi connectivity index (χ2n) is 3.30. The van der Waals surface area contributed by atoms with Gasteiger partial charge >= 0.3 is 21.7 Å². The molecule has 2 rings (SSSR count). The van der Waals surface area contributed by atoms with Crippen molar-refractivity contribution >= 4 is 0 Å². The summed E-state index contributed by atoms with van der Waals surface area (Å²) < 4.78 is 0. The Labute approximate surface area is 107 Å². The summed E-state index contributed by atoms with van der Waals surface area (Å²) in [5, 5.41) is 0. The van der Waals surface area contributed by atoms with Crippen LogP contribution < -0.4 is 12.4 Å². The van der Waals surface area contributed by atoms with Gasteiger partial charge in [-0.3, -0.25) is 0 Å². The predicted molar refractivity (Wildman–Crippen MR) is 52.5 cm³/mol. The summed E-state index contributed by atoms with van der Waals surface area (Å²) in [4.78, 5) is 0. The molecule has 0 atom stereocenters. The fourth-order valence-corrected chi connectivity index (χ4v) is 1.68. The first kappa shape index (κ1) is 14.0. The molecular weight excluding hydrogens is 227 g/mol. The molecule has 2 aliphatic rings. The van der Waals surface area contributed by atoms with E-state index in [9.17, 15) is 0 Å². The van der Waals surface area contributed by atoms with Crippen LogP contribution in [0.3, 0.4) is 0 Å². The first-order valence-electron chi connectivity index (χ1n) is 4.42. The van der Waals surface area contributed by atoms with E-state index in [1.54, 1.807) is 0 Å². The predicted octanol–water partition coefficient (Wildman–Crippen LogP) is 0.211. The minimum atomic E-state index is 0. The number of hydrogen-bond acceptors (Lipinski definition) is 0. The van der Waals surface area contributed by atoms with Crippen LogP contribution in [0.2, 0.25) is 0 Å². The standard InChI is InChI=1S/C12H13.ClH.Ti/c1-10(11-6-2-3-7-11)12-8-4-5-9-12;;/h2-6,8,10H,1,7,9H2;1H;/q-1;;+2/p-1. The van der Waals surface area contributed by atoms with Gasteiger partial charge in [-0.25, -0.2) is 0 Å². The summed E-state index contributed by atoms with van der Waals surface area (Å²) in [6, 6.07) is 0. The Morgan fingerprint density at radius 1 is 1.00 bits per heavy atom. The van der Waals surface area contributed by atoms with Crippen molar-refractivity contribution in [1.29, 1.82) is 0 Å². The molecule has 0 spiro atoms. The Bertz CT molecular complexity index is 267. The average molecular weight is 241 g/mol. The summed E-state index contributed by atoms with van der Waals surface area (Å²) in [6.07, 6.45) is 15.2. The molecule has 0 nitrogen and oxygen atoms in total. The van der Waals surface area contributed by atoms with Crippen LogP contribution in [0.5, 0.6) is 0 Å². The van der Waals surface area contributed by atoms with Gasteiger partial charge in [-0.2, -0.15) is 0 Å². The summed E-state index contributed by atoms with van der Waals surface area (Å²) in [6.45, 7) is 4.19. The van der Waals surface area contributed by atoms with E-state index < -0.39 is 0 Å². The molecule has 72 valence electrons. The van der Waals surface area contributed by atoms with Crippen molar-refractivity contribution in [1.82, 2.24) is 0 Å². The van der Waals surface area contributed by atoms with Gasteiger partial charge in [-0.1, -0.05) is 47.6 Å². The fraction of sp³-hybridized carbons (Fsp3) is 0.250. The topological polar surface area (TPSA) is 0 Å². The maximum atomic E-state index is 4.19. The molecule has 0 saturated heterocycles. The third-order valence-corrected chi connectivity index (χ3v) is 2.50. The van der Waals surface area contributed by atoms with Crippen LogP contribution in [0.15, 0.2) is 47.6 Å². The van der Waals surface area contributed by atoms with E-state index in [0.717, 1.165) is 12.8 Å². The third kappa shape index (κ3) is 2.98. The molecule has 0 aromatic heterocycles. The number of hydrogen-bond donors (Lipinski definition) is 0. The quantitative estimate of drug-likeness (QED) is 0.478. The van der Waals surface area contributed by atoms with Gasteiger partial charge in [0.25, 0.3) is 0 Å². The molecule has 0 amide bonds. The summed E-state index contributed by atoms with van der Waals surface area (Å²) in [7, 11) is 0. The van der Waals surface area contributed by atoms with Crippen LogP contribution in [0, 0.1) is 12.8 Å². The van der Waals surface area contributed by atoms with Gasteiger partial charge in [0, 0.05) is 0 Å². The van der Waals surface area contributed by atoms with Crippen molar-refractivity contribution in [3.63, 3.8) is 0 Å². The zero-order chi connectivity index (χ0) is 8.39. The molecule has 0 bridgehead atoms. The van der Waals surface area contributed by atoms with Gasteiger partial charge in [-0.05, 0) is 12.8 Å². The van der Waals surface area contributed by atoms with Gasteiger partial charge in [0.1, 0.15) is 0 Å². The number of allylic oxidation sites excluding steroid dienone is 8. The molecule has 0 N–H and O–H groups in total. The molecule has 0 unspecified atom stereocenters. The molecule has 2 heteroatoms. The van der Waals surface area contributed by atoms with Crippen LogP contribution in [0.4, 0.5) is 0 Å². The zero-order valence-electron chi connectivity index (χ0n) is 8.04. The van der Waals surface area contributed by atoms with Crippen LogP contribution in [-0.2, 0) is 21.7 Å². The SMILES string of the molecule is [CH2-]C(C1=CC=CC1)C1=CC=CC1.[Cl-].[Ti+2]. The van der Waals surface area contributed by atoms with Gasteiger partial charge in [0.05, 0.1) is 0 Å². The molecular formula is C12H13ClTi. The van der Waals surface area contributed by atoms with Crippen molar-refractivity contribution in [3.05, 3.63) is 54.5 Å². The van der Waals surface area contributed by atoms with Gasteiger partial charge < -0.3 is 19.3 Å². The summed E-state index contributed by atoms with van der Waals surface area (Å²) >= 11 is 0. The molecule has 0 aromatic rings. The number of rotatable bonds is 2. The molecule has 0 radical (unpaired) electrons. The smallest absolute Gasteiger partial charge is 1.00 e. The zero-order valence-corrected chi connectivity index (χ0v) is 10.4. The fourth-order valence-electron chi connectivity index (χ4n) is 1.68. The van der Waals surface area contributed by atoms with E-state index in [1.807, 2.05) is 0 Å². The molecule has 14 heavy (non-hydrogen) atoms. The van der Waals surface area contributed by atoms with Crippen molar-refractivity contribution in [3.8, 4) is 0 Å². The van der Waals surface area contributed by atoms with Crippen molar-refractivity contribution in [2.24, 2.45) is 5.92 Å². The van der Waals surface area contributed by atoms with Gasteiger partial charge in [-0.15, -0.1) is 5.92 Å². The Morgan fingerprint density at radius 2 is 1.43 bits per heavy atom. The molecule has 0 aliphatic heterocycles. The molecule has 0 aromatic carbocycles. The van der Waals surface area contributed by atoms with Crippen LogP contribution >= 0.6 is 0 Å². The van der Waals surface area contributed by atoms with E-state index in [0.29, 0.717) is 5.92 Å². The van der Waals surface area contributed by atoms with Crippen LogP contribution in [0.1, 0.15) is 12.8 Å². The summed E-state index contributed by atoms with van der Waals surface area (Å²) in [5.74, 6) is 0.398. The van der Waals surface area contributed by atoms with Crippen molar-refractivity contribution in [2.45, 2.75) is 12.8 Å². The maximum Gasteiger partial charge on any atom is 2.00 e. The normalized spacial score (nSPS) is 17.6. The Hall–Kier alpha value is -0.0357. The maximum absolute atomic E-state index is 4.19. The Kier molecular flexibility index (Phi) is 6.43. The Balaban J connectivity index is 0.000000845. The van der Waals surface area contributed by atoms with E-state index in [2.05, 4.69) is 43.4 Å². The second kappa shape index (κ2) is 6.45. The first-order valence-corrected chi connectivity index (χ1v) is 4.42. The van der Waals surface area contributed by atoms with Gasteiger partial charge in [0.15, 0.2) is 0 Å². The van der Waals surface area contributed by atoms with E-state index >= 15 is 0 Å². The van der Waals surface area contributed by atoms with E-state index in [1.165, 1.54) is 11.1 Å². The second-order valence-corrected chi connectivity index (χ2v) is 3.30. The summed E-state index contributed by atoms with van der Waals surface area (Å²) in [5.41, 5.74) is 2.90. The molecule has 0 saturated carbocycles. The number of halogens is 1. The monoisotopic (exact) mass is 240 g/mol. The van der Waals surface area contributed by atoms with Crippen molar-refractivity contribution < 1.29 is 34.1 Å². The van der Waals surface area contributed by atoms with E-state index in [4.69, 9.17) is 0 Å². The third-order valence-electron chi connectivity index (χ3n) is 2.50. The van der Waals surface area contributed by atoms with Gasteiger partial charge in [0.2, 0.25) is 0 Å². The van der Waals surface area contributed by atoms with Crippen LogP contribution in [0.25, 0.3) is 0 Å².